The first kappa shape index (κ1) is 22.6. The van der Waals surface area contributed by atoms with E-state index in [1.54, 1.807) is 13.0 Å². The maximum atomic E-state index is 12.2. The number of amides is 2. The summed E-state index contributed by atoms with van der Waals surface area (Å²) in [5.74, 6) is -0.536. The summed E-state index contributed by atoms with van der Waals surface area (Å²) in [5.41, 5.74) is 1.64. The summed E-state index contributed by atoms with van der Waals surface area (Å²) in [4.78, 5) is 25.6. The maximum Gasteiger partial charge on any atom is 0.236 e. The van der Waals surface area contributed by atoms with Crippen molar-refractivity contribution in [3.8, 4) is 0 Å². The van der Waals surface area contributed by atoms with E-state index in [0.29, 0.717) is 17.9 Å². The van der Waals surface area contributed by atoms with E-state index in [9.17, 15) is 18.0 Å². The number of carbonyl (C=O) groups is 2. The monoisotopic (exact) mass is 421 g/mol. The van der Waals surface area contributed by atoms with Crippen LogP contribution in [-0.4, -0.2) is 49.6 Å². The predicted octanol–water partition coefficient (Wildman–Crippen LogP) is 2.01. The van der Waals surface area contributed by atoms with Gasteiger partial charge in [0.2, 0.25) is 21.8 Å². The van der Waals surface area contributed by atoms with Crippen molar-refractivity contribution < 1.29 is 22.5 Å². The summed E-state index contributed by atoms with van der Waals surface area (Å²) < 4.78 is 31.4. The molecule has 9 heteroatoms. The van der Waals surface area contributed by atoms with Gasteiger partial charge >= 0.3 is 0 Å². The Bertz CT molecular complexity index is 925. The number of hydrogen-bond acceptors (Lipinski definition) is 6. The molecule has 0 saturated heterocycles. The van der Waals surface area contributed by atoms with Crippen molar-refractivity contribution in [2.75, 3.05) is 19.3 Å². The summed E-state index contributed by atoms with van der Waals surface area (Å²) in [6.07, 6.45) is 0.681. The molecule has 2 rings (SSSR count). The van der Waals surface area contributed by atoms with Crippen molar-refractivity contribution in [1.29, 1.82) is 0 Å². The third-order valence-corrected chi connectivity index (χ3v) is 5.78. The SMILES string of the molecule is Cc1cc(CCC(=O)N(C)CCS(=O)(=O)NC(=O)CC(C)c2ccccc2)no1. The molecule has 1 heterocycles. The van der Waals surface area contributed by atoms with Gasteiger partial charge in [0.15, 0.2) is 0 Å². The van der Waals surface area contributed by atoms with Gasteiger partial charge in [-0.25, -0.2) is 8.42 Å². The summed E-state index contributed by atoms with van der Waals surface area (Å²) in [6.45, 7) is 3.63. The molecule has 0 radical (unpaired) electrons. The van der Waals surface area contributed by atoms with Gasteiger partial charge in [0.1, 0.15) is 5.76 Å². The van der Waals surface area contributed by atoms with Crippen molar-refractivity contribution in [2.24, 2.45) is 0 Å². The van der Waals surface area contributed by atoms with Crippen LogP contribution in [0.4, 0.5) is 0 Å². The number of nitrogens with zero attached hydrogens (tertiary/aromatic N) is 2. The lowest BCUT2D eigenvalue weighted by Gasteiger charge is -2.17. The largest absolute Gasteiger partial charge is 0.361 e. The van der Waals surface area contributed by atoms with Crippen LogP contribution in [0.1, 0.15) is 42.7 Å². The number of nitrogens with one attached hydrogen (secondary N) is 1. The molecular weight excluding hydrogens is 394 g/mol. The lowest BCUT2D eigenvalue weighted by atomic mass is 9.98. The number of aryl methyl sites for hydroxylation is 2. The Morgan fingerprint density at radius 1 is 1.24 bits per heavy atom. The van der Waals surface area contributed by atoms with E-state index in [4.69, 9.17) is 4.52 Å². The molecule has 1 aromatic heterocycles. The van der Waals surface area contributed by atoms with Gasteiger partial charge in [0.25, 0.3) is 0 Å². The van der Waals surface area contributed by atoms with E-state index in [1.807, 2.05) is 37.3 Å². The van der Waals surface area contributed by atoms with E-state index in [2.05, 4.69) is 9.88 Å². The van der Waals surface area contributed by atoms with Crippen LogP contribution in [0.25, 0.3) is 0 Å². The van der Waals surface area contributed by atoms with Gasteiger partial charge in [-0.05, 0) is 18.4 Å². The number of sulfonamides is 1. The van der Waals surface area contributed by atoms with Crippen molar-refractivity contribution in [2.45, 2.75) is 39.0 Å². The quantitative estimate of drug-likeness (QED) is 0.628. The number of rotatable bonds is 10. The highest BCUT2D eigenvalue weighted by Gasteiger charge is 2.19. The minimum Gasteiger partial charge on any atom is -0.361 e. The first-order chi connectivity index (χ1) is 13.7. The van der Waals surface area contributed by atoms with Crippen molar-refractivity contribution >= 4 is 21.8 Å². The third kappa shape index (κ3) is 7.69. The first-order valence-corrected chi connectivity index (χ1v) is 11.1. The fourth-order valence-corrected chi connectivity index (χ4v) is 3.83. The topological polar surface area (TPSA) is 110 Å². The number of benzene rings is 1. The Balaban J connectivity index is 1.76. The van der Waals surface area contributed by atoms with Crippen LogP contribution >= 0.6 is 0 Å². The zero-order valence-electron chi connectivity index (χ0n) is 16.9. The lowest BCUT2D eigenvalue weighted by molar-refractivity contribution is -0.129. The van der Waals surface area contributed by atoms with Gasteiger partial charge in [0, 0.05) is 38.9 Å². The van der Waals surface area contributed by atoms with E-state index in [0.717, 1.165) is 5.56 Å². The molecule has 1 N–H and O–H groups in total. The molecule has 29 heavy (non-hydrogen) atoms. The predicted molar refractivity (Wildman–Crippen MR) is 109 cm³/mol. The van der Waals surface area contributed by atoms with E-state index in [1.165, 1.54) is 11.9 Å². The Kier molecular flexibility index (Phi) is 7.95. The summed E-state index contributed by atoms with van der Waals surface area (Å²) in [6, 6.07) is 11.2. The highest BCUT2D eigenvalue weighted by atomic mass is 32.2. The van der Waals surface area contributed by atoms with Gasteiger partial charge in [-0.3, -0.25) is 14.3 Å². The Morgan fingerprint density at radius 2 is 1.93 bits per heavy atom. The fraction of sp³-hybridized carbons (Fsp3) is 0.450. The second-order valence-corrected chi connectivity index (χ2v) is 8.95. The normalized spacial score (nSPS) is 12.4. The van der Waals surface area contributed by atoms with Gasteiger partial charge in [-0.2, -0.15) is 0 Å². The summed E-state index contributed by atoms with van der Waals surface area (Å²) in [5, 5.41) is 3.82. The number of aromatic nitrogens is 1. The van der Waals surface area contributed by atoms with Crippen LogP contribution in [0.2, 0.25) is 0 Å². The average Bonchev–Trinajstić information content (AvgIpc) is 3.09. The Morgan fingerprint density at radius 3 is 2.55 bits per heavy atom. The van der Waals surface area contributed by atoms with Crippen LogP contribution in [-0.2, 0) is 26.0 Å². The highest BCUT2D eigenvalue weighted by molar-refractivity contribution is 7.90. The Hall–Kier alpha value is -2.68. The molecule has 158 valence electrons. The second-order valence-electron chi connectivity index (χ2n) is 7.10. The van der Waals surface area contributed by atoms with Crippen molar-refractivity contribution in [3.63, 3.8) is 0 Å². The van der Waals surface area contributed by atoms with E-state index in [-0.39, 0.29) is 37.0 Å². The molecule has 0 spiro atoms. The molecule has 1 unspecified atom stereocenters. The zero-order valence-corrected chi connectivity index (χ0v) is 17.7. The number of carbonyl (C=O) groups excluding carboxylic acids is 2. The molecular formula is C20H27N3O5S. The van der Waals surface area contributed by atoms with Crippen LogP contribution in [0.5, 0.6) is 0 Å². The summed E-state index contributed by atoms with van der Waals surface area (Å²) in [7, 11) is -2.29. The molecule has 1 aromatic carbocycles. The number of hydrogen-bond donors (Lipinski definition) is 1. The van der Waals surface area contributed by atoms with E-state index < -0.39 is 15.9 Å². The molecule has 1 atom stereocenters. The molecule has 0 aliphatic carbocycles. The molecule has 0 saturated carbocycles. The molecule has 2 aromatic rings. The van der Waals surface area contributed by atoms with Crippen molar-refractivity contribution in [3.05, 3.63) is 53.4 Å². The minimum atomic E-state index is -3.82. The fourth-order valence-electron chi connectivity index (χ4n) is 2.79. The average molecular weight is 422 g/mol. The molecule has 2 amide bonds. The van der Waals surface area contributed by atoms with Gasteiger partial charge in [-0.1, -0.05) is 42.4 Å². The summed E-state index contributed by atoms with van der Waals surface area (Å²) >= 11 is 0. The molecule has 8 nitrogen and oxygen atoms in total. The van der Waals surface area contributed by atoms with Gasteiger partial charge < -0.3 is 9.42 Å². The minimum absolute atomic E-state index is 0.00642. The maximum absolute atomic E-state index is 12.2. The van der Waals surface area contributed by atoms with E-state index >= 15 is 0 Å². The Labute approximate surface area is 171 Å². The standard InChI is InChI=1S/C20H27N3O5S/c1-15(17-7-5-4-6-8-17)13-19(24)22-29(26,27)12-11-23(3)20(25)10-9-18-14-16(2)28-21-18/h4-8,14-15H,9-13H2,1-3H3,(H,22,24). The van der Waals surface area contributed by atoms with Crippen molar-refractivity contribution in [1.82, 2.24) is 14.8 Å². The first-order valence-electron chi connectivity index (χ1n) is 9.40. The molecule has 0 fully saturated rings. The highest BCUT2D eigenvalue weighted by Crippen LogP contribution is 2.18. The molecule has 0 aliphatic rings. The van der Waals surface area contributed by atoms with Gasteiger partial charge in [0.05, 0.1) is 11.4 Å². The van der Waals surface area contributed by atoms with Crippen LogP contribution in [0.15, 0.2) is 40.9 Å². The molecule has 0 bridgehead atoms. The van der Waals surface area contributed by atoms with Gasteiger partial charge in [-0.15, -0.1) is 0 Å². The molecule has 0 aliphatic heterocycles. The second kappa shape index (κ2) is 10.2. The zero-order chi connectivity index (χ0) is 21.4. The van der Waals surface area contributed by atoms with Crippen LogP contribution < -0.4 is 4.72 Å². The van der Waals surface area contributed by atoms with Crippen LogP contribution in [0, 0.1) is 6.92 Å². The lowest BCUT2D eigenvalue weighted by Crippen LogP contribution is -2.38. The third-order valence-electron chi connectivity index (χ3n) is 4.52. The van der Waals surface area contributed by atoms with Crippen LogP contribution in [0.3, 0.4) is 0 Å². The smallest absolute Gasteiger partial charge is 0.236 e.